The summed E-state index contributed by atoms with van der Waals surface area (Å²) >= 11 is 0. The summed E-state index contributed by atoms with van der Waals surface area (Å²) in [6, 6.07) is 25.3. The molecule has 1 heterocycles. The molecule has 3 aromatic carbocycles. The lowest BCUT2D eigenvalue weighted by Gasteiger charge is -2.18. The van der Waals surface area contributed by atoms with Crippen LogP contribution in [0.2, 0.25) is 0 Å². The fraction of sp³-hybridized carbons (Fsp3) is 0.269. The average Bonchev–Trinajstić information content (AvgIpc) is 3.33. The van der Waals surface area contributed by atoms with E-state index < -0.39 is 6.10 Å². The number of carbonyl (C=O) groups is 1. The molecule has 5 nitrogen and oxygen atoms in total. The van der Waals surface area contributed by atoms with Crippen LogP contribution >= 0.6 is 0 Å². The van der Waals surface area contributed by atoms with Gasteiger partial charge in [-0.2, -0.15) is 0 Å². The van der Waals surface area contributed by atoms with Crippen LogP contribution in [0, 0.1) is 0 Å². The Hall–Kier alpha value is -3.31. The minimum atomic E-state index is -0.659. The number of anilines is 1. The van der Waals surface area contributed by atoms with Gasteiger partial charge in [0.2, 0.25) is 0 Å². The number of hydrogen-bond donors (Lipinski definition) is 1. The minimum Gasteiger partial charge on any atom is -0.489 e. The first-order valence-electron chi connectivity index (χ1n) is 10.7. The van der Waals surface area contributed by atoms with Gasteiger partial charge in [-0.15, -0.1) is 0 Å². The predicted octanol–water partition coefficient (Wildman–Crippen LogP) is 5.32. The minimum absolute atomic E-state index is 0.116. The van der Waals surface area contributed by atoms with Gasteiger partial charge in [0.25, 0.3) is 5.91 Å². The van der Waals surface area contributed by atoms with Crippen molar-refractivity contribution in [3.63, 3.8) is 0 Å². The van der Waals surface area contributed by atoms with Crippen molar-refractivity contribution < 1.29 is 19.0 Å². The highest BCUT2D eigenvalue weighted by molar-refractivity contribution is 5.95. The molecule has 0 saturated carbocycles. The normalized spacial score (nSPS) is 16.5. The zero-order chi connectivity index (χ0) is 21.5. The van der Waals surface area contributed by atoms with Gasteiger partial charge in [0.05, 0.1) is 11.8 Å². The summed E-state index contributed by atoms with van der Waals surface area (Å²) < 4.78 is 17.3. The summed E-state index contributed by atoms with van der Waals surface area (Å²) in [5.74, 6) is 1.04. The molecule has 1 aliphatic heterocycles. The first kappa shape index (κ1) is 20.9. The van der Waals surface area contributed by atoms with Crippen molar-refractivity contribution in [3.05, 3.63) is 78.9 Å². The number of carbonyl (C=O) groups excluding carboxylic acids is 1. The van der Waals surface area contributed by atoms with Crippen molar-refractivity contribution >= 4 is 11.6 Å². The van der Waals surface area contributed by atoms with Gasteiger partial charge in [-0.1, -0.05) is 54.6 Å². The molecule has 1 N–H and O–H groups in total. The van der Waals surface area contributed by atoms with Gasteiger partial charge in [-0.25, -0.2) is 0 Å². The standard InChI is InChI=1S/C26H27NO4/c1-19(31-22-15-13-21(14-16-22)20-8-3-2-4-9-20)26(28)27-24-11-5-6-12-25(24)30-18-23-10-7-17-29-23/h2-6,8-9,11-16,19,23H,7,10,17-18H2,1H3,(H,27,28). The first-order valence-corrected chi connectivity index (χ1v) is 10.7. The molecule has 1 aliphatic rings. The molecule has 2 unspecified atom stereocenters. The van der Waals surface area contributed by atoms with Crippen LogP contribution < -0.4 is 14.8 Å². The highest BCUT2D eigenvalue weighted by Gasteiger charge is 2.19. The third-order valence-electron chi connectivity index (χ3n) is 5.24. The Morgan fingerprint density at radius 2 is 1.71 bits per heavy atom. The summed E-state index contributed by atoms with van der Waals surface area (Å²) in [5, 5.41) is 2.91. The van der Waals surface area contributed by atoms with Crippen molar-refractivity contribution in [1.82, 2.24) is 0 Å². The number of ether oxygens (including phenoxy) is 3. The third kappa shape index (κ3) is 5.64. The summed E-state index contributed by atoms with van der Waals surface area (Å²) in [6.07, 6.45) is 1.52. The molecule has 31 heavy (non-hydrogen) atoms. The molecule has 160 valence electrons. The molecule has 0 radical (unpaired) electrons. The maximum absolute atomic E-state index is 12.7. The molecule has 4 rings (SSSR count). The summed E-state index contributed by atoms with van der Waals surface area (Å²) in [4.78, 5) is 12.7. The number of rotatable bonds is 8. The van der Waals surface area contributed by atoms with Crippen molar-refractivity contribution in [2.24, 2.45) is 0 Å². The lowest BCUT2D eigenvalue weighted by atomic mass is 10.1. The van der Waals surface area contributed by atoms with E-state index in [-0.39, 0.29) is 12.0 Å². The van der Waals surface area contributed by atoms with E-state index in [4.69, 9.17) is 14.2 Å². The van der Waals surface area contributed by atoms with Gasteiger partial charge in [0.15, 0.2) is 6.10 Å². The van der Waals surface area contributed by atoms with Crippen LogP contribution in [-0.4, -0.2) is 31.3 Å². The van der Waals surface area contributed by atoms with Gasteiger partial charge < -0.3 is 19.5 Å². The van der Waals surface area contributed by atoms with Crippen molar-refractivity contribution in [2.45, 2.75) is 32.0 Å². The topological polar surface area (TPSA) is 56.8 Å². The van der Waals surface area contributed by atoms with Gasteiger partial charge in [0, 0.05) is 6.61 Å². The average molecular weight is 418 g/mol. The molecule has 0 spiro atoms. The number of hydrogen-bond acceptors (Lipinski definition) is 4. The molecule has 5 heteroatoms. The maximum atomic E-state index is 12.7. The Morgan fingerprint density at radius 3 is 2.45 bits per heavy atom. The van der Waals surface area contributed by atoms with Gasteiger partial charge in [-0.05, 0) is 55.2 Å². The summed E-state index contributed by atoms with van der Waals surface area (Å²) in [6.45, 7) is 3.00. The van der Waals surface area contributed by atoms with E-state index in [2.05, 4.69) is 17.4 Å². The van der Waals surface area contributed by atoms with Crippen molar-refractivity contribution in [3.8, 4) is 22.6 Å². The van der Waals surface area contributed by atoms with Gasteiger partial charge in [-0.3, -0.25) is 4.79 Å². The number of benzene rings is 3. The molecule has 1 fully saturated rings. The third-order valence-corrected chi connectivity index (χ3v) is 5.24. The van der Waals surface area contributed by atoms with Crippen molar-refractivity contribution in [2.75, 3.05) is 18.5 Å². The predicted molar refractivity (Wildman–Crippen MR) is 122 cm³/mol. The Kier molecular flexibility index (Phi) is 6.85. The van der Waals surface area contributed by atoms with Crippen LogP contribution in [0.25, 0.3) is 11.1 Å². The van der Waals surface area contributed by atoms with Gasteiger partial charge >= 0.3 is 0 Å². The zero-order valence-electron chi connectivity index (χ0n) is 17.6. The second-order valence-electron chi connectivity index (χ2n) is 7.58. The highest BCUT2D eigenvalue weighted by Crippen LogP contribution is 2.26. The lowest BCUT2D eigenvalue weighted by molar-refractivity contribution is -0.122. The quantitative estimate of drug-likeness (QED) is 0.539. The van der Waals surface area contributed by atoms with E-state index in [1.165, 1.54) is 0 Å². The number of para-hydroxylation sites is 2. The monoisotopic (exact) mass is 417 g/mol. The fourth-order valence-corrected chi connectivity index (χ4v) is 3.50. The smallest absolute Gasteiger partial charge is 0.265 e. The second kappa shape index (κ2) is 10.1. The highest BCUT2D eigenvalue weighted by atomic mass is 16.5. The number of amides is 1. The Bertz CT molecular complexity index is 982. The molecule has 1 amide bonds. The van der Waals surface area contributed by atoms with Crippen LogP contribution in [0.4, 0.5) is 5.69 Å². The van der Waals surface area contributed by atoms with Crippen LogP contribution in [0.1, 0.15) is 19.8 Å². The van der Waals surface area contributed by atoms with E-state index >= 15 is 0 Å². The molecule has 0 aliphatic carbocycles. The molecule has 3 aromatic rings. The Morgan fingerprint density at radius 1 is 1.00 bits per heavy atom. The van der Waals surface area contributed by atoms with E-state index in [1.54, 1.807) is 6.92 Å². The van der Waals surface area contributed by atoms with Crippen LogP contribution in [0.15, 0.2) is 78.9 Å². The SMILES string of the molecule is CC(Oc1ccc(-c2ccccc2)cc1)C(=O)Nc1ccccc1OCC1CCCO1. The Balaban J connectivity index is 1.34. The summed E-state index contributed by atoms with van der Waals surface area (Å²) in [7, 11) is 0. The first-order chi connectivity index (χ1) is 15.2. The van der Waals surface area contributed by atoms with Crippen molar-refractivity contribution in [1.29, 1.82) is 0 Å². The molecular weight excluding hydrogens is 390 g/mol. The molecule has 2 atom stereocenters. The second-order valence-corrected chi connectivity index (χ2v) is 7.58. The van der Waals surface area contributed by atoms with Crippen LogP contribution in [-0.2, 0) is 9.53 Å². The van der Waals surface area contributed by atoms with Crippen LogP contribution in [0.3, 0.4) is 0 Å². The van der Waals surface area contributed by atoms with Gasteiger partial charge in [0.1, 0.15) is 18.1 Å². The number of nitrogens with one attached hydrogen (secondary N) is 1. The largest absolute Gasteiger partial charge is 0.489 e. The zero-order valence-corrected chi connectivity index (χ0v) is 17.6. The van der Waals surface area contributed by atoms with E-state index in [0.29, 0.717) is 23.8 Å². The van der Waals surface area contributed by atoms with E-state index in [0.717, 1.165) is 30.6 Å². The van der Waals surface area contributed by atoms with E-state index in [9.17, 15) is 4.79 Å². The van der Waals surface area contributed by atoms with Crippen LogP contribution in [0.5, 0.6) is 11.5 Å². The summed E-state index contributed by atoms with van der Waals surface area (Å²) in [5.41, 5.74) is 2.86. The van der Waals surface area contributed by atoms with E-state index in [1.807, 2.05) is 66.7 Å². The molecule has 1 saturated heterocycles. The molecular formula is C26H27NO4. The molecule has 0 aromatic heterocycles. The molecule has 0 bridgehead atoms. The lowest BCUT2D eigenvalue weighted by Crippen LogP contribution is -2.30. The Labute approximate surface area is 183 Å². The fourth-order valence-electron chi connectivity index (χ4n) is 3.50. The maximum Gasteiger partial charge on any atom is 0.265 e.